The molecule has 0 saturated carbocycles. The van der Waals surface area contributed by atoms with Gasteiger partial charge in [0.05, 0.1) is 18.6 Å². The summed E-state index contributed by atoms with van der Waals surface area (Å²) < 4.78 is 4.82. The Bertz CT molecular complexity index is 694. The van der Waals surface area contributed by atoms with E-state index in [-0.39, 0.29) is 18.6 Å². The van der Waals surface area contributed by atoms with Crippen molar-refractivity contribution < 1.29 is 23.9 Å². The summed E-state index contributed by atoms with van der Waals surface area (Å²) >= 11 is 1.57. The summed E-state index contributed by atoms with van der Waals surface area (Å²) in [4.78, 5) is 48.4. The molecule has 0 bridgehead atoms. The Hall–Kier alpha value is -2.35. The number of ketones is 1. The molecule has 0 aromatic heterocycles. The second-order valence-electron chi connectivity index (χ2n) is 7.38. The summed E-state index contributed by atoms with van der Waals surface area (Å²) in [5.41, 5.74) is -0.174. The molecule has 0 spiro atoms. The van der Waals surface area contributed by atoms with Crippen LogP contribution in [0.4, 0.5) is 0 Å². The van der Waals surface area contributed by atoms with Crippen molar-refractivity contribution in [3.63, 3.8) is 0 Å². The SMILES string of the molecule is COC(=O)[C@H](Cc1ccccc1)NC(=O)C(C)(C)CC(=O)[C@H](CCSC)NC=O. The molecule has 0 aliphatic rings. The second kappa shape index (κ2) is 12.3. The van der Waals surface area contributed by atoms with Gasteiger partial charge in [-0.1, -0.05) is 44.2 Å². The Morgan fingerprint density at radius 1 is 1.17 bits per heavy atom. The van der Waals surface area contributed by atoms with Gasteiger partial charge >= 0.3 is 5.97 Å². The van der Waals surface area contributed by atoms with E-state index >= 15 is 0 Å². The minimum Gasteiger partial charge on any atom is -0.467 e. The molecule has 1 aromatic carbocycles. The number of thioether (sulfide) groups is 1. The van der Waals surface area contributed by atoms with Crippen LogP contribution in [0.5, 0.6) is 0 Å². The fourth-order valence-corrected chi connectivity index (χ4v) is 3.30. The van der Waals surface area contributed by atoms with Crippen molar-refractivity contribution in [2.24, 2.45) is 5.41 Å². The number of amides is 2. The van der Waals surface area contributed by atoms with Crippen LogP contribution in [0.3, 0.4) is 0 Å². The maximum atomic E-state index is 12.9. The number of carbonyl (C=O) groups is 4. The van der Waals surface area contributed by atoms with Gasteiger partial charge in [-0.15, -0.1) is 0 Å². The number of rotatable bonds is 13. The van der Waals surface area contributed by atoms with Gasteiger partial charge in [0.2, 0.25) is 12.3 Å². The second-order valence-corrected chi connectivity index (χ2v) is 8.37. The van der Waals surface area contributed by atoms with Gasteiger partial charge in [-0.25, -0.2) is 4.79 Å². The maximum Gasteiger partial charge on any atom is 0.328 e. The lowest BCUT2D eigenvalue weighted by molar-refractivity contribution is -0.146. The summed E-state index contributed by atoms with van der Waals surface area (Å²) in [6.07, 6.45) is 3.14. The average Bonchev–Trinajstić information content (AvgIpc) is 2.70. The van der Waals surface area contributed by atoms with Crippen molar-refractivity contribution in [3.05, 3.63) is 35.9 Å². The lowest BCUT2D eigenvalue weighted by Crippen LogP contribution is -2.49. The van der Waals surface area contributed by atoms with Gasteiger partial charge in [0.15, 0.2) is 5.78 Å². The summed E-state index contributed by atoms with van der Waals surface area (Å²) in [7, 11) is 1.27. The molecule has 29 heavy (non-hydrogen) atoms. The molecular formula is C21H30N2O5S. The van der Waals surface area contributed by atoms with Crippen LogP contribution in [0, 0.1) is 5.41 Å². The van der Waals surface area contributed by atoms with Gasteiger partial charge < -0.3 is 15.4 Å². The summed E-state index contributed by atoms with van der Waals surface area (Å²) in [6.45, 7) is 3.28. The number of esters is 1. The largest absolute Gasteiger partial charge is 0.467 e. The molecule has 2 N–H and O–H groups in total. The van der Waals surface area contributed by atoms with Crippen LogP contribution in [0.1, 0.15) is 32.3 Å². The highest BCUT2D eigenvalue weighted by molar-refractivity contribution is 7.98. The Morgan fingerprint density at radius 3 is 2.38 bits per heavy atom. The van der Waals surface area contributed by atoms with Crippen LogP contribution in [0.25, 0.3) is 0 Å². The van der Waals surface area contributed by atoms with Gasteiger partial charge in [-0.3, -0.25) is 14.4 Å². The van der Waals surface area contributed by atoms with E-state index in [0.29, 0.717) is 18.6 Å². The number of Topliss-reactive ketones (excluding diaryl/α,β-unsaturated/α-hetero) is 1. The van der Waals surface area contributed by atoms with Crippen molar-refractivity contribution in [1.82, 2.24) is 10.6 Å². The predicted molar refractivity (Wildman–Crippen MR) is 113 cm³/mol. The number of carbonyl (C=O) groups excluding carboxylic acids is 4. The van der Waals surface area contributed by atoms with E-state index < -0.39 is 29.4 Å². The van der Waals surface area contributed by atoms with Crippen molar-refractivity contribution in [2.75, 3.05) is 19.1 Å². The fourth-order valence-electron chi connectivity index (χ4n) is 2.83. The Labute approximate surface area is 176 Å². The van der Waals surface area contributed by atoms with Gasteiger partial charge in [0, 0.05) is 12.8 Å². The first-order valence-corrected chi connectivity index (χ1v) is 10.8. The molecule has 8 heteroatoms. The maximum absolute atomic E-state index is 12.9. The van der Waals surface area contributed by atoms with E-state index in [4.69, 9.17) is 4.74 Å². The van der Waals surface area contributed by atoms with Crippen molar-refractivity contribution in [2.45, 2.75) is 45.2 Å². The molecule has 7 nitrogen and oxygen atoms in total. The van der Waals surface area contributed by atoms with Gasteiger partial charge in [-0.05, 0) is 24.0 Å². The van der Waals surface area contributed by atoms with Gasteiger partial charge in [-0.2, -0.15) is 11.8 Å². The van der Waals surface area contributed by atoms with Crippen LogP contribution in [0.2, 0.25) is 0 Å². The minimum atomic E-state index is -1.05. The number of benzene rings is 1. The molecule has 0 aliphatic heterocycles. The number of hydrogen-bond donors (Lipinski definition) is 2. The van der Waals surface area contributed by atoms with Crippen molar-refractivity contribution in [1.29, 1.82) is 0 Å². The highest BCUT2D eigenvalue weighted by Gasteiger charge is 2.35. The zero-order valence-corrected chi connectivity index (χ0v) is 18.2. The third-order valence-corrected chi connectivity index (χ3v) is 5.22. The average molecular weight is 423 g/mol. The minimum absolute atomic E-state index is 0.0576. The van der Waals surface area contributed by atoms with Crippen LogP contribution in [0.15, 0.2) is 30.3 Å². The normalized spacial score (nSPS) is 13.1. The zero-order chi connectivity index (χ0) is 21.9. The van der Waals surface area contributed by atoms with Crippen molar-refractivity contribution >= 4 is 35.8 Å². The summed E-state index contributed by atoms with van der Waals surface area (Å²) in [5.74, 6) is -0.480. The van der Waals surface area contributed by atoms with E-state index in [1.807, 2.05) is 36.6 Å². The molecule has 0 saturated heterocycles. The van der Waals surface area contributed by atoms with E-state index in [0.717, 1.165) is 5.56 Å². The molecule has 1 rings (SSSR count). The summed E-state index contributed by atoms with van der Waals surface area (Å²) in [6, 6.07) is 7.80. The Kier molecular flexibility index (Phi) is 10.4. The molecule has 0 fully saturated rings. The van der Waals surface area contributed by atoms with Crippen LogP contribution >= 0.6 is 11.8 Å². The molecule has 0 unspecified atom stereocenters. The molecule has 0 aliphatic carbocycles. The smallest absolute Gasteiger partial charge is 0.328 e. The topological polar surface area (TPSA) is 102 Å². The van der Waals surface area contributed by atoms with E-state index in [1.54, 1.807) is 25.6 Å². The third-order valence-electron chi connectivity index (χ3n) is 4.57. The van der Waals surface area contributed by atoms with E-state index in [9.17, 15) is 19.2 Å². The monoisotopic (exact) mass is 422 g/mol. The fraction of sp³-hybridized carbons (Fsp3) is 0.524. The quantitative estimate of drug-likeness (QED) is 0.371. The van der Waals surface area contributed by atoms with Crippen LogP contribution in [-0.4, -0.2) is 55.3 Å². The highest BCUT2D eigenvalue weighted by Crippen LogP contribution is 2.23. The standard InChI is InChI=1S/C21H30N2O5S/c1-21(2,13-18(25)16(22-14-24)10-11-29-4)20(27)23-17(19(26)28-3)12-15-8-6-5-7-9-15/h5-9,14,16-17H,10-13H2,1-4H3,(H,22,24)(H,23,27)/t16-,17-/m0/s1. The Balaban J connectivity index is 2.84. The molecule has 2 atom stereocenters. The molecular weight excluding hydrogens is 392 g/mol. The summed E-state index contributed by atoms with van der Waals surface area (Å²) in [5, 5.41) is 5.25. The molecule has 0 heterocycles. The number of hydrogen-bond acceptors (Lipinski definition) is 6. The lowest BCUT2D eigenvalue weighted by Gasteiger charge is -2.27. The molecule has 1 aromatic rings. The van der Waals surface area contributed by atoms with E-state index in [2.05, 4.69) is 10.6 Å². The zero-order valence-electron chi connectivity index (χ0n) is 17.4. The highest BCUT2D eigenvalue weighted by atomic mass is 32.2. The molecule has 160 valence electrons. The molecule has 2 amide bonds. The third kappa shape index (κ3) is 8.27. The number of methoxy groups -OCH3 is 1. The Morgan fingerprint density at radius 2 is 1.83 bits per heavy atom. The first-order valence-electron chi connectivity index (χ1n) is 9.39. The van der Waals surface area contributed by atoms with E-state index in [1.165, 1.54) is 7.11 Å². The van der Waals surface area contributed by atoms with Crippen LogP contribution < -0.4 is 10.6 Å². The van der Waals surface area contributed by atoms with Gasteiger partial charge in [0.1, 0.15) is 6.04 Å². The van der Waals surface area contributed by atoms with Crippen molar-refractivity contribution in [3.8, 4) is 0 Å². The lowest BCUT2D eigenvalue weighted by atomic mass is 9.83. The van der Waals surface area contributed by atoms with Crippen LogP contribution in [-0.2, 0) is 30.3 Å². The number of nitrogens with one attached hydrogen (secondary N) is 2. The first-order chi connectivity index (χ1) is 13.7. The van der Waals surface area contributed by atoms with Gasteiger partial charge in [0.25, 0.3) is 0 Å². The predicted octanol–water partition coefficient (Wildman–Crippen LogP) is 1.74. The number of ether oxygens (including phenoxy) is 1. The molecule has 0 radical (unpaired) electrons. The first kappa shape index (κ1) is 24.7.